The van der Waals surface area contributed by atoms with Crippen LogP contribution < -0.4 is 5.32 Å². The minimum Gasteiger partial charge on any atom is -0.324 e. The molecule has 0 aliphatic carbocycles. The van der Waals surface area contributed by atoms with Crippen LogP contribution in [0.3, 0.4) is 0 Å². The first kappa shape index (κ1) is 24.1. The van der Waals surface area contributed by atoms with Crippen molar-refractivity contribution >= 4 is 34.1 Å². The lowest BCUT2D eigenvalue weighted by molar-refractivity contribution is 0.0953. The molecule has 3 aromatic carbocycles. The molecule has 5 rings (SSSR count). The van der Waals surface area contributed by atoms with Gasteiger partial charge in [0, 0.05) is 42.4 Å². The second kappa shape index (κ2) is 10.6. The highest BCUT2D eigenvalue weighted by Gasteiger charge is 2.25. The quantitative estimate of drug-likeness (QED) is 0.408. The first-order chi connectivity index (χ1) is 17.0. The van der Waals surface area contributed by atoms with Crippen molar-refractivity contribution in [2.24, 2.45) is 0 Å². The van der Waals surface area contributed by atoms with Gasteiger partial charge in [0.05, 0.1) is 0 Å². The van der Waals surface area contributed by atoms with E-state index in [0.717, 1.165) is 48.6 Å². The number of benzene rings is 3. The number of nitrogens with one attached hydrogen (secondary N) is 1. The molecule has 0 bridgehead atoms. The maximum absolute atomic E-state index is 12.9. The van der Waals surface area contributed by atoms with E-state index < -0.39 is 0 Å². The molecule has 184 valence electrons. The number of halogens is 1. The molecule has 4 nitrogen and oxygen atoms in total. The van der Waals surface area contributed by atoms with Gasteiger partial charge >= 0.3 is 6.03 Å². The van der Waals surface area contributed by atoms with E-state index >= 15 is 0 Å². The number of amides is 2. The lowest BCUT2D eigenvalue weighted by atomic mass is 9.89. The van der Waals surface area contributed by atoms with Gasteiger partial charge in [0.15, 0.2) is 0 Å². The van der Waals surface area contributed by atoms with Crippen LogP contribution in [0.25, 0.3) is 10.8 Å². The highest BCUT2D eigenvalue weighted by molar-refractivity contribution is 6.30. The predicted octanol–water partition coefficient (Wildman–Crippen LogP) is 7.67. The highest BCUT2D eigenvalue weighted by Crippen LogP contribution is 2.30. The van der Waals surface area contributed by atoms with E-state index in [4.69, 9.17) is 11.6 Å². The fourth-order valence-electron chi connectivity index (χ4n) is 5.82. The van der Waals surface area contributed by atoms with Gasteiger partial charge in [-0.25, -0.2) is 4.79 Å². The third-order valence-electron chi connectivity index (χ3n) is 8.02. The Morgan fingerprint density at radius 2 is 1.54 bits per heavy atom. The van der Waals surface area contributed by atoms with Gasteiger partial charge in [0.2, 0.25) is 0 Å². The number of nitrogens with zero attached hydrogens (tertiary/aromatic N) is 2. The topological polar surface area (TPSA) is 35.6 Å². The lowest BCUT2D eigenvalue weighted by Crippen LogP contribution is -2.42. The summed E-state index contributed by atoms with van der Waals surface area (Å²) in [4.78, 5) is 17.5. The van der Waals surface area contributed by atoms with Crippen LogP contribution in [0.4, 0.5) is 10.5 Å². The number of hydrogen-bond acceptors (Lipinski definition) is 2. The Bertz CT molecular complexity index is 1160. The van der Waals surface area contributed by atoms with Crippen LogP contribution in [0.2, 0.25) is 5.02 Å². The molecule has 2 aliphatic heterocycles. The average molecular weight is 490 g/mol. The standard InChI is InChI=1S/C30H36ClN3O/c1-21-4-3-5-22(2)34(21)20-23-6-7-27-19-29(13-10-26(27)18-23)32-30(35)33-16-14-25(15-17-33)24-8-11-28(31)12-9-24/h6-13,18-19,21-22,25H,3-5,14-17,20H2,1-2H3,(H,32,35). The van der Waals surface area contributed by atoms with Gasteiger partial charge in [-0.3, -0.25) is 4.90 Å². The maximum atomic E-state index is 12.9. The number of carbonyl (C=O) groups is 1. The molecule has 2 heterocycles. The molecule has 2 unspecified atom stereocenters. The van der Waals surface area contributed by atoms with Gasteiger partial charge in [-0.2, -0.15) is 0 Å². The second-order valence-electron chi connectivity index (χ2n) is 10.4. The summed E-state index contributed by atoms with van der Waals surface area (Å²) in [6.45, 7) is 7.24. The Hall–Kier alpha value is -2.56. The van der Waals surface area contributed by atoms with Crippen molar-refractivity contribution in [1.29, 1.82) is 0 Å². The molecule has 1 N–H and O–H groups in total. The van der Waals surface area contributed by atoms with E-state index in [9.17, 15) is 4.79 Å². The highest BCUT2D eigenvalue weighted by atomic mass is 35.5. The van der Waals surface area contributed by atoms with Crippen molar-refractivity contribution < 1.29 is 4.79 Å². The third-order valence-corrected chi connectivity index (χ3v) is 8.27. The van der Waals surface area contributed by atoms with Gasteiger partial charge in [0.25, 0.3) is 0 Å². The Labute approximate surface area is 214 Å². The SMILES string of the molecule is CC1CCCC(C)N1Cc1ccc2cc(NC(=O)N3CCC(c4ccc(Cl)cc4)CC3)ccc2c1. The number of likely N-dealkylation sites (tertiary alicyclic amines) is 2. The number of anilines is 1. The van der Waals surface area contributed by atoms with Crippen LogP contribution in [-0.2, 0) is 6.54 Å². The third kappa shape index (κ3) is 5.65. The Morgan fingerprint density at radius 3 is 2.26 bits per heavy atom. The number of hydrogen-bond donors (Lipinski definition) is 1. The molecule has 3 aromatic rings. The predicted molar refractivity (Wildman–Crippen MR) is 146 cm³/mol. The zero-order valence-corrected chi connectivity index (χ0v) is 21.6. The van der Waals surface area contributed by atoms with E-state index in [1.807, 2.05) is 23.1 Å². The molecule has 0 aromatic heterocycles. The number of urea groups is 1. The monoisotopic (exact) mass is 489 g/mol. The minimum atomic E-state index is -0.0106. The first-order valence-corrected chi connectivity index (χ1v) is 13.4. The van der Waals surface area contributed by atoms with Gasteiger partial charge in [0.1, 0.15) is 0 Å². The van der Waals surface area contributed by atoms with Crippen LogP contribution in [0, 0.1) is 0 Å². The van der Waals surface area contributed by atoms with Crippen LogP contribution in [0.5, 0.6) is 0 Å². The van der Waals surface area contributed by atoms with E-state index in [-0.39, 0.29) is 6.03 Å². The van der Waals surface area contributed by atoms with Gasteiger partial charge in [-0.05, 0) is 97.7 Å². The van der Waals surface area contributed by atoms with Crippen LogP contribution in [0.15, 0.2) is 60.7 Å². The molecule has 0 radical (unpaired) electrons. The summed E-state index contributed by atoms with van der Waals surface area (Å²) in [6.07, 6.45) is 5.87. The number of carbonyl (C=O) groups excluding carboxylic acids is 1. The molecule has 2 aliphatic rings. The molecule has 0 spiro atoms. The average Bonchev–Trinajstić information content (AvgIpc) is 2.87. The van der Waals surface area contributed by atoms with E-state index in [1.54, 1.807) is 0 Å². The Balaban J connectivity index is 1.19. The maximum Gasteiger partial charge on any atom is 0.321 e. The summed E-state index contributed by atoms with van der Waals surface area (Å²) >= 11 is 6.02. The van der Waals surface area contributed by atoms with Gasteiger partial charge < -0.3 is 10.2 Å². The summed E-state index contributed by atoms with van der Waals surface area (Å²) in [5.41, 5.74) is 3.53. The Morgan fingerprint density at radius 1 is 0.886 bits per heavy atom. The normalized spacial score (nSPS) is 21.9. The second-order valence-corrected chi connectivity index (χ2v) is 10.9. The van der Waals surface area contributed by atoms with Crippen molar-refractivity contribution in [3.05, 3.63) is 76.8 Å². The van der Waals surface area contributed by atoms with Crippen LogP contribution in [-0.4, -0.2) is 41.0 Å². The first-order valence-electron chi connectivity index (χ1n) is 13.1. The lowest BCUT2D eigenvalue weighted by Gasteiger charge is -2.39. The molecular weight excluding hydrogens is 454 g/mol. The fourth-order valence-corrected chi connectivity index (χ4v) is 5.95. The van der Waals surface area contributed by atoms with Crippen molar-refractivity contribution in [3.63, 3.8) is 0 Å². The molecule has 2 saturated heterocycles. The zero-order chi connectivity index (χ0) is 24.4. The van der Waals surface area contributed by atoms with E-state index in [2.05, 4.69) is 66.5 Å². The van der Waals surface area contributed by atoms with Crippen molar-refractivity contribution in [3.8, 4) is 0 Å². The summed E-state index contributed by atoms with van der Waals surface area (Å²) in [5, 5.41) is 6.27. The van der Waals surface area contributed by atoms with Gasteiger partial charge in [-0.15, -0.1) is 0 Å². The minimum absolute atomic E-state index is 0.0106. The van der Waals surface area contributed by atoms with Crippen LogP contribution >= 0.6 is 11.6 Å². The Kier molecular flexibility index (Phi) is 7.31. The van der Waals surface area contributed by atoms with E-state index in [0.29, 0.717) is 18.0 Å². The molecule has 2 atom stereocenters. The summed E-state index contributed by atoms with van der Waals surface area (Å²) in [6, 6.07) is 22.4. The number of rotatable bonds is 4. The molecule has 35 heavy (non-hydrogen) atoms. The fraction of sp³-hybridized carbons (Fsp3) is 0.433. The molecular formula is C30H36ClN3O. The molecule has 2 amide bonds. The zero-order valence-electron chi connectivity index (χ0n) is 20.8. The summed E-state index contributed by atoms with van der Waals surface area (Å²) in [5.74, 6) is 0.488. The molecule has 2 fully saturated rings. The number of piperidine rings is 2. The van der Waals surface area contributed by atoms with Crippen molar-refractivity contribution in [2.75, 3.05) is 18.4 Å². The van der Waals surface area contributed by atoms with E-state index in [1.165, 1.54) is 35.8 Å². The summed E-state index contributed by atoms with van der Waals surface area (Å²) in [7, 11) is 0. The number of fused-ring (bicyclic) bond motifs is 1. The molecule has 5 heteroatoms. The molecule has 0 saturated carbocycles. The summed E-state index contributed by atoms with van der Waals surface area (Å²) < 4.78 is 0. The largest absolute Gasteiger partial charge is 0.324 e. The van der Waals surface area contributed by atoms with Crippen LogP contribution in [0.1, 0.15) is 63.0 Å². The smallest absolute Gasteiger partial charge is 0.321 e. The van der Waals surface area contributed by atoms with Gasteiger partial charge in [-0.1, -0.05) is 48.4 Å². The van der Waals surface area contributed by atoms with Crippen molar-refractivity contribution in [2.45, 2.75) is 70.5 Å². The van der Waals surface area contributed by atoms with Crippen molar-refractivity contribution in [1.82, 2.24) is 9.80 Å².